The van der Waals surface area contributed by atoms with Gasteiger partial charge < -0.3 is 5.32 Å². The van der Waals surface area contributed by atoms with Crippen LogP contribution < -0.4 is 5.32 Å². The Morgan fingerprint density at radius 1 is 1.35 bits per heavy atom. The number of hydrogen-bond acceptors (Lipinski definition) is 4. The van der Waals surface area contributed by atoms with Crippen LogP contribution in [-0.4, -0.2) is 11.3 Å². The number of nitrogens with zero attached hydrogens (tertiary/aromatic N) is 1. The van der Waals surface area contributed by atoms with Gasteiger partial charge in [0.05, 0.1) is 20.3 Å². The molecule has 2 aromatic heterocycles. The fraction of sp³-hybridized carbons (Fsp3) is 0. The molecule has 0 saturated heterocycles. The number of carbonyl (C=O) groups is 1. The van der Waals surface area contributed by atoms with Gasteiger partial charge in [-0.2, -0.15) is 0 Å². The maximum Gasteiger partial charge on any atom is 0.162 e. The zero-order valence-corrected chi connectivity index (χ0v) is 11.6. The number of nitrogens with one attached hydrogen (secondary N) is 1. The lowest BCUT2D eigenvalue weighted by Gasteiger charge is -2.07. The van der Waals surface area contributed by atoms with Crippen LogP contribution in [0, 0.1) is 5.82 Å². The lowest BCUT2D eigenvalue weighted by atomic mass is 10.2. The molecule has 0 amide bonds. The molecule has 0 aliphatic heterocycles. The molecule has 0 unspecified atom stereocenters. The molecule has 0 fully saturated rings. The van der Waals surface area contributed by atoms with E-state index in [1.165, 1.54) is 23.5 Å². The molecule has 6 heteroatoms. The van der Waals surface area contributed by atoms with Crippen LogP contribution in [0.5, 0.6) is 0 Å². The van der Waals surface area contributed by atoms with Crippen LogP contribution >= 0.6 is 22.9 Å². The van der Waals surface area contributed by atoms with Crippen LogP contribution in [0.15, 0.2) is 36.7 Å². The summed E-state index contributed by atoms with van der Waals surface area (Å²) in [5.74, 6) is -0.479. The predicted molar refractivity (Wildman–Crippen MR) is 79.7 cm³/mol. The summed E-state index contributed by atoms with van der Waals surface area (Å²) in [6, 6.07) is 6.16. The minimum absolute atomic E-state index is 0.0313. The fourth-order valence-electron chi connectivity index (χ4n) is 1.90. The van der Waals surface area contributed by atoms with Gasteiger partial charge in [-0.3, -0.25) is 9.78 Å². The largest absolute Gasteiger partial charge is 0.354 e. The summed E-state index contributed by atoms with van der Waals surface area (Å²) in [5.41, 5.74) is 1.31. The van der Waals surface area contributed by atoms with Crippen LogP contribution in [0.2, 0.25) is 5.02 Å². The smallest absolute Gasteiger partial charge is 0.162 e. The van der Waals surface area contributed by atoms with Crippen molar-refractivity contribution in [1.29, 1.82) is 0 Å². The van der Waals surface area contributed by atoms with Crippen molar-refractivity contribution < 1.29 is 9.18 Å². The molecular weight excluding hydrogens is 299 g/mol. The first kappa shape index (κ1) is 13.0. The van der Waals surface area contributed by atoms with E-state index in [9.17, 15) is 9.18 Å². The maximum absolute atomic E-state index is 13.2. The second-order valence-corrected chi connectivity index (χ2v) is 5.58. The molecule has 0 aliphatic rings. The molecular formula is C14H8ClFN2OS. The van der Waals surface area contributed by atoms with E-state index < -0.39 is 5.82 Å². The van der Waals surface area contributed by atoms with Gasteiger partial charge in [0.15, 0.2) is 6.29 Å². The van der Waals surface area contributed by atoms with Crippen molar-refractivity contribution in [2.45, 2.75) is 0 Å². The SMILES string of the molecule is O=Cc1sc2cnccc2c1Nc1ccc(F)c(Cl)c1. The minimum Gasteiger partial charge on any atom is -0.354 e. The number of halogens is 2. The van der Waals surface area contributed by atoms with Crippen molar-refractivity contribution in [3.8, 4) is 0 Å². The molecule has 3 aromatic rings. The van der Waals surface area contributed by atoms with Gasteiger partial charge in [0.1, 0.15) is 5.82 Å². The van der Waals surface area contributed by atoms with Crippen LogP contribution in [0.1, 0.15) is 9.67 Å². The zero-order chi connectivity index (χ0) is 14.1. The zero-order valence-electron chi connectivity index (χ0n) is 10.1. The van der Waals surface area contributed by atoms with E-state index in [2.05, 4.69) is 10.3 Å². The topological polar surface area (TPSA) is 42.0 Å². The minimum atomic E-state index is -0.479. The van der Waals surface area contributed by atoms with Crippen molar-refractivity contribution in [1.82, 2.24) is 4.98 Å². The molecule has 20 heavy (non-hydrogen) atoms. The average Bonchev–Trinajstić information content (AvgIpc) is 2.81. The van der Waals surface area contributed by atoms with Crippen LogP contribution in [0.4, 0.5) is 15.8 Å². The van der Waals surface area contributed by atoms with Crippen molar-refractivity contribution in [3.63, 3.8) is 0 Å². The quantitative estimate of drug-likeness (QED) is 0.716. The van der Waals surface area contributed by atoms with Gasteiger partial charge >= 0.3 is 0 Å². The molecule has 0 saturated carbocycles. The molecule has 1 N–H and O–H groups in total. The number of aldehydes is 1. The van der Waals surface area contributed by atoms with E-state index in [0.717, 1.165) is 16.4 Å². The highest BCUT2D eigenvalue weighted by atomic mass is 35.5. The third-order valence-electron chi connectivity index (χ3n) is 2.82. The number of pyridine rings is 1. The Bertz CT molecular complexity index is 803. The number of rotatable bonds is 3. The molecule has 0 spiro atoms. The van der Waals surface area contributed by atoms with E-state index in [-0.39, 0.29) is 5.02 Å². The van der Waals surface area contributed by atoms with Crippen molar-refractivity contribution in [3.05, 3.63) is 52.4 Å². The summed E-state index contributed by atoms with van der Waals surface area (Å²) in [5, 5.41) is 4.04. The molecule has 1 aromatic carbocycles. The molecule has 0 bridgehead atoms. The summed E-state index contributed by atoms with van der Waals surface area (Å²) >= 11 is 7.10. The van der Waals surface area contributed by atoms with Crippen molar-refractivity contribution >= 4 is 50.7 Å². The third kappa shape index (κ3) is 2.26. The standard InChI is InChI=1S/C14H8ClFN2OS/c15-10-5-8(1-2-11(10)16)18-14-9-3-4-17-6-12(9)20-13(14)7-19/h1-7,18H. The van der Waals surface area contributed by atoms with Gasteiger partial charge in [-0.1, -0.05) is 11.6 Å². The number of carbonyl (C=O) groups excluding carboxylic acids is 1. The normalized spacial score (nSPS) is 10.7. The third-order valence-corrected chi connectivity index (χ3v) is 4.17. The van der Waals surface area contributed by atoms with Gasteiger partial charge in [0.25, 0.3) is 0 Å². The van der Waals surface area contributed by atoms with E-state index in [1.54, 1.807) is 18.5 Å². The van der Waals surface area contributed by atoms with E-state index in [1.807, 2.05) is 6.07 Å². The maximum atomic E-state index is 13.2. The number of hydrogen-bond donors (Lipinski definition) is 1. The molecule has 2 heterocycles. The van der Waals surface area contributed by atoms with Gasteiger partial charge in [-0.25, -0.2) is 4.39 Å². The second kappa shape index (κ2) is 5.19. The molecule has 0 radical (unpaired) electrons. The van der Waals surface area contributed by atoms with Gasteiger partial charge in [0.2, 0.25) is 0 Å². The first-order valence-corrected chi connectivity index (χ1v) is 6.92. The van der Waals surface area contributed by atoms with Crippen molar-refractivity contribution in [2.24, 2.45) is 0 Å². The molecule has 0 atom stereocenters. The van der Waals surface area contributed by atoms with E-state index >= 15 is 0 Å². The Morgan fingerprint density at radius 3 is 2.95 bits per heavy atom. The first-order valence-electron chi connectivity index (χ1n) is 5.73. The van der Waals surface area contributed by atoms with Gasteiger partial charge in [-0.05, 0) is 24.3 Å². The Morgan fingerprint density at radius 2 is 2.20 bits per heavy atom. The highest BCUT2D eigenvalue weighted by Gasteiger charge is 2.12. The Kier molecular flexibility index (Phi) is 3.38. The fourth-order valence-corrected chi connectivity index (χ4v) is 3.02. The number of fused-ring (bicyclic) bond motifs is 1. The summed E-state index contributed by atoms with van der Waals surface area (Å²) in [7, 11) is 0. The molecule has 3 rings (SSSR count). The Labute approximate surface area is 123 Å². The number of anilines is 2. The van der Waals surface area contributed by atoms with Crippen LogP contribution in [-0.2, 0) is 0 Å². The summed E-state index contributed by atoms with van der Waals surface area (Å²) in [6.07, 6.45) is 4.15. The molecule has 100 valence electrons. The summed E-state index contributed by atoms with van der Waals surface area (Å²) < 4.78 is 14.1. The summed E-state index contributed by atoms with van der Waals surface area (Å²) in [6.45, 7) is 0. The Balaban J connectivity index is 2.09. The van der Waals surface area contributed by atoms with Gasteiger partial charge in [0, 0.05) is 23.5 Å². The highest BCUT2D eigenvalue weighted by Crippen LogP contribution is 2.36. The molecule has 3 nitrogen and oxygen atoms in total. The first-order chi connectivity index (χ1) is 9.69. The monoisotopic (exact) mass is 306 g/mol. The lowest BCUT2D eigenvalue weighted by molar-refractivity contribution is 0.112. The van der Waals surface area contributed by atoms with E-state index in [4.69, 9.17) is 11.6 Å². The summed E-state index contributed by atoms with van der Waals surface area (Å²) in [4.78, 5) is 15.8. The number of thiophene rings is 1. The lowest BCUT2D eigenvalue weighted by Crippen LogP contribution is -1.93. The molecule has 0 aliphatic carbocycles. The Hall–Kier alpha value is -1.98. The van der Waals surface area contributed by atoms with Gasteiger partial charge in [-0.15, -0.1) is 11.3 Å². The second-order valence-electron chi connectivity index (χ2n) is 4.08. The number of benzene rings is 1. The van der Waals surface area contributed by atoms with Crippen LogP contribution in [0.25, 0.3) is 10.1 Å². The van der Waals surface area contributed by atoms with Crippen molar-refractivity contribution in [2.75, 3.05) is 5.32 Å². The predicted octanol–water partition coefficient (Wildman–Crippen LogP) is 4.64. The average molecular weight is 307 g/mol. The highest BCUT2D eigenvalue weighted by molar-refractivity contribution is 7.21. The van der Waals surface area contributed by atoms with E-state index in [0.29, 0.717) is 16.3 Å². The number of aromatic nitrogens is 1. The van der Waals surface area contributed by atoms with Crippen LogP contribution in [0.3, 0.4) is 0 Å².